The van der Waals surface area contributed by atoms with E-state index in [0.29, 0.717) is 42.2 Å². The monoisotopic (exact) mass is 486 g/mol. The molecule has 1 saturated carbocycles. The lowest BCUT2D eigenvalue weighted by atomic mass is 9.65. The van der Waals surface area contributed by atoms with Gasteiger partial charge in [-0.25, -0.2) is 4.98 Å². The Kier molecular flexibility index (Phi) is 5.72. The van der Waals surface area contributed by atoms with Crippen LogP contribution in [-0.4, -0.2) is 22.4 Å². The molecule has 5 nitrogen and oxygen atoms in total. The number of carbonyl (C=O) groups is 1. The summed E-state index contributed by atoms with van der Waals surface area (Å²) < 4.78 is 39.5. The number of aromatic nitrogens is 2. The van der Waals surface area contributed by atoms with Crippen LogP contribution < -0.4 is 10.2 Å². The van der Waals surface area contributed by atoms with Gasteiger partial charge in [-0.05, 0) is 74.2 Å². The molecule has 0 bridgehead atoms. The lowest BCUT2D eigenvalue weighted by Gasteiger charge is -2.40. The average Bonchev–Trinajstić information content (AvgIpc) is 2.79. The second kappa shape index (κ2) is 8.58. The highest BCUT2D eigenvalue weighted by Crippen LogP contribution is 2.45. The molecule has 9 heteroatoms. The van der Waals surface area contributed by atoms with Gasteiger partial charge >= 0.3 is 6.18 Å². The average molecular weight is 487 g/mol. The highest BCUT2D eigenvalue weighted by atomic mass is 35.5. The lowest BCUT2D eigenvalue weighted by Crippen LogP contribution is -2.47. The summed E-state index contributed by atoms with van der Waals surface area (Å²) in [5.41, 5.74) is 1.23. The second-order valence-electron chi connectivity index (χ2n) is 8.69. The summed E-state index contributed by atoms with van der Waals surface area (Å²) in [4.78, 5) is 23.7. The minimum atomic E-state index is -4.51. The number of nitrogens with one attached hydrogen (secondary N) is 1. The van der Waals surface area contributed by atoms with Crippen molar-refractivity contribution in [2.75, 3.05) is 16.8 Å². The van der Waals surface area contributed by atoms with E-state index in [1.165, 1.54) is 6.07 Å². The van der Waals surface area contributed by atoms with Gasteiger partial charge in [0.15, 0.2) is 0 Å². The van der Waals surface area contributed by atoms with E-state index in [-0.39, 0.29) is 11.7 Å². The smallest absolute Gasteiger partial charge is 0.325 e. The van der Waals surface area contributed by atoms with E-state index in [1.807, 2.05) is 12.1 Å². The third-order valence-corrected chi connectivity index (χ3v) is 6.82. The van der Waals surface area contributed by atoms with Crippen molar-refractivity contribution in [1.82, 2.24) is 9.97 Å². The summed E-state index contributed by atoms with van der Waals surface area (Å²) in [7, 11) is 0. The van der Waals surface area contributed by atoms with E-state index in [9.17, 15) is 18.0 Å². The minimum absolute atomic E-state index is 0.110. The van der Waals surface area contributed by atoms with Crippen LogP contribution in [0.25, 0.3) is 0 Å². The molecule has 5 rings (SSSR count). The molecule has 3 aromatic rings. The first-order valence-electron chi connectivity index (χ1n) is 11.2. The van der Waals surface area contributed by atoms with E-state index in [2.05, 4.69) is 10.3 Å². The number of nitrogens with zero attached hydrogens (tertiary/aromatic N) is 3. The number of rotatable bonds is 4. The first kappa shape index (κ1) is 22.7. The fourth-order valence-electron chi connectivity index (χ4n) is 4.60. The van der Waals surface area contributed by atoms with Crippen molar-refractivity contribution < 1.29 is 18.0 Å². The number of hydrogen-bond acceptors (Lipinski definition) is 4. The number of pyridine rings is 2. The molecule has 1 aliphatic heterocycles. The van der Waals surface area contributed by atoms with Crippen LogP contribution in [0.1, 0.15) is 42.8 Å². The number of hydrogen-bond donors (Lipinski definition) is 1. The third kappa shape index (κ3) is 4.11. The molecule has 1 aliphatic carbocycles. The van der Waals surface area contributed by atoms with Gasteiger partial charge in [-0.15, -0.1) is 0 Å². The summed E-state index contributed by atoms with van der Waals surface area (Å²) >= 11 is 5.94. The Bertz CT molecular complexity index is 1230. The molecule has 1 amide bonds. The summed E-state index contributed by atoms with van der Waals surface area (Å²) in [6, 6.07) is 14.5. The van der Waals surface area contributed by atoms with Gasteiger partial charge in [-0.2, -0.15) is 13.2 Å². The predicted molar refractivity (Wildman–Crippen MR) is 124 cm³/mol. The fraction of sp³-hybridized carbons (Fsp3) is 0.320. The Morgan fingerprint density at radius 2 is 1.76 bits per heavy atom. The zero-order chi connectivity index (χ0) is 23.9. The number of aryl methyl sites for hydroxylation is 1. The van der Waals surface area contributed by atoms with Gasteiger partial charge in [0, 0.05) is 17.3 Å². The van der Waals surface area contributed by atoms with Crippen LogP contribution in [-0.2, 0) is 22.8 Å². The number of benzene rings is 1. The SMILES string of the molecule is O=C(Nc1ccc(Cl)cc1)C1(c2ccc3c(n2)CCCN3c2cccc(C(F)(F)F)n2)CCC1. The topological polar surface area (TPSA) is 58.1 Å². The van der Waals surface area contributed by atoms with Gasteiger partial charge < -0.3 is 10.2 Å². The van der Waals surface area contributed by atoms with E-state index < -0.39 is 17.3 Å². The number of halogens is 4. The van der Waals surface area contributed by atoms with Gasteiger partial charge in [-0.3, -0.25) is 9.78 Å². The lowest BCUT2D eigenvalue weighted by molar-refractivity contribution is -0.141. The molecule has 0 saturated heterocycles. The number of carbonyl (C=O) groups excluding carboxylic acids is 1. The Balaban J connectivity index is 1.44. The van der Waals surface area contributed by atoms with Gasteiger partial charge in [-0.1, -0.05) is 24.1 Å². The molecule has 1 fully saturated rings. The van der Waals surface area contributed by atoms with E-state index in [1.54, 1.807) is 35.2 Å². The van der Waals surface area contributed by atoms with Gasteiger partial charge in [0.1, 0.15) is 11.5 Å². The maximum absolute atomic E-state index is 13.3. The quantitative estimate of drug-likeness (QED) is 0.470. The van der Waals surface area contributed by atoms with Crippen molar-refractivity contribution in [3.63, 3.8) is 0 Å². The van der Waals surface area contributed by atoms with Crippen LogP contribution >= 0.6 is 11.6 Å². The van der Waals surface area contributed by atoms with Crippen molar-refractivity contribution in [3.05, 3.63) is 76.7 Å². The molecule has 3 heterocycles. The van der Waals surface area contributed by atoms with Crippen molar-refractivity contribution in [2.24, 2.45) is 0 Å². The summed E-state index contributed by atoms with van der Waals surface area (Å²) in [5, 5.41) is 3.57. The van der Waals surface area contributed by atoms with Crippen LogP contribution in [0.3, 0.4) is 0 Å². The molecule has 0 unspecified atom stereocenters. The Hall–Kier alpha value is -3.13. The number of alkyl halides is 3. The summed E-state index contributed by atoms with van der Waals surface area (Å²) in [6.07, 6.45) is -0.787. The van der Waals surface area contributed by atoms with Crippen molar-refractivity contribution in [3.8, 4) is 0 Å². The molecular weight excluding hydrogens is 465 g/mol. The summed E-state index contributed by atoms with van der Waals surface area (Å²) in [6.45, 7) is 0.546. The van der Waals surface area contributed by atoms with Crippen LogP contribution in [0.4, 0.5) is 30.4 Å². The Morgan fingerprint density at radius 1 is 1.00 bits per heavy atom. The molecular formula is C25H22ClF3N4O. The minimum Gasteiger partial charge on any atom is -0.325 e. The molecule has 2 aromatic heterocycles. The Morgan fingerprint density at radius 3 is 2.44 bits per heavy atom. The third-order valence-electron chi connectivity index (χ3n) is 6.57. The number of amides is 1. The van der Waals surface area contributed by atoms with Gasteiger partial charge in [0.2, 0.25) is 5.91 Å². The first-order chi connectivity index (χ1) is 16.3. The number of fused-ring (bicyclic) bond motifs is 1. The molecule has 1 aromatic carbocycles. The molecule has 0 atom stereocenters. The highest BCUT2D eigenvalue weighted by molar-refractivity contribution is 6.30. The molecule has 34 heavy (non-hydrogen) atoms. The van der Waals surface area contributed by atoms with Crippen LogP contribution in [0.15, 0.2) is 54.6 Å². The van der Waals surface area contributed by atoms with Crippen LogP contribution in [0, 0.1) is 0 Å². The first-order valence-corrected chi connectivity index (χ1v) is 11.5. The Labute approximate surface area is 200 Å². The molecule has 0 spiro atoms. The highest BCUT2D eigenvalue weighted by Gasteiger charge is 2.47. The predicted octanol–water partition coefficient (Wildman–Crippen LogP) is 6.29. The molecule has 176 valence electrons. The molecule has 2 aliphatic rings. The normalized spacial score (nSPS) is 17.0. The van der Waals surface area contributed by atoms with E-state index in [4.69, 9.17) is 16.6 Å². The van der Waals surface area contributed by atoms with Crippen molar-refractivity contribution >= 4 is 34.7 Å². The largest absolute Gasteiger partial charge is 0.433 e. The zero-order valence-corrected chi connectivity index (χ0v) is 19.0. The molecule has 0 radical (unpaired) electrons. The van der Waals surface area contributed by atoms with Gasteiger partial charge in [0.05, 0.1) is 22.5 Å². The maximum atomic E-state index is 13.3. The maximum Gasteiger partial charge on any atom is 0.433 e. The van der Waals surface area contributed by atoms with E-state index >= 15 is 0 Å². The van der Waals surface area contributed by atoms with Crippen LogP contribution in [0.2, 0.25) is 5.02 Å². The van der Waals surface area contributed by atoms with Crippen molar-refractivity contribution in [2.45, 2.75) is 43.7 Å². The zero-order valence-electron chi connectivity index (χ0n) is 18.2. The van der Waals surface area contributed by atoms with Crippen molar-refractivity contribution in [1.29, 1.82) is 0 Å². The molecule has 1 N–H and O–H groups in total. The standard InChI is InChI=1S/C25H22ClF3N4O/c26-16-7-9-17(10-8-16)30-23(34)24(13-3-14-24)20-12-11-19-18(31-20)4-2-15-33(19)22-6-1-5-21(32-22)25(27,28)29/h1,5-12H,2-4,13-15H2,(H,30,34). The van der Waals surface area contributed by atoms with E-state index in [0.717, 1.165) is 30.3 Å². The van der Waals surface area contributed by atoms with Gasteiger partial charge in [0.25, 0.3) is 0 Å². The summed E-state index contributed by atoms with van der Waals surface area (Å²) in [5.74, 6) is 0.130. The fourth-order valence-corrected chi connectivity index (χ4v) is 4.72. The number of anilines is 3. The van der Waals surface area contributed by atoms with Crippen LogP contribution in [0.5, 0.6) is 0 Å². The second-order valence-corrected chi connectivity index (χ2v) is 9.13.